The van der Waals surface area contributed by atoms with E-state index in [1.807, 2.05) is 13.0 Å². The summed E-state index contributed by atoms with van der Waals surface area (Å²) in [6.45, 7) is 2.48. The summed E-state index contributed by atoms with van der Waals surface area (Å²) in [6.07, 6.45) is 0. The van der Waals surface area contributed by atoms with Crippen LogP contribution < -0.4 is 9.47 Å². The average molecular weight is 307 g/mol. The maximum absolute atomic E-state index is 11.0. The smallest absolute Gasteiger partial charge is 0.339 e. The highest BCUT2D eigenvalue weighted by Gasteiger charge is 2.09. The number of para-hydroxylation sites is 1. The molecule has 5 heteroatoms. The van der Waals surface area contributed by atoms with Gasteiger partial charge in [-0.1, -0.05) is 23.7 Å². The van der Waals surface area contributed by atoms with Crippen LogP contribution in [0.5, 0.6) is 11.5 Å². The van der Waals surface area contributed by atoms with Gasteiger partial charge in [-0.3, -0.25) is 0 Å². The number of benzene rings is 2. The predicted molar refractivity (Wildman–Crippen MR) is 80.6 cm³/mol. The van der Waals surface area contributed by atoms with E-state index in [0.717, 1.165) is 11.3 Å². The molecule has 0 unspecified atom stereocenters. The van der Waals surface area contributed by atoms with E-state index in [4.69, 9.17) is 26.2 Å². The van der Waals surface area contributed by atoms with E-state index in [0.29, 0.717) is 17.4 Å². The maximum atomic E-state index is 11.0. The lowest BCUT2D eigenvalue weighted by Crippen LogP contribution is -2.11. The number of ether oxygens (including phenoxy) is 2. The molecule has 0 saturated heterocycles. The molecule has 0 radical (unpaired) electrons. The van der Waals surface area contributed by atoms with E-state index in [1.54, 1.807) is 30.3 Å². The van der Waals surface area contributed by atoms with Crippen molar-refractivity contribution < 1.29 is 19.4 Å². The number of rotatable bonds is 6. The Hall–Kier alpha value is -2.20. The first-order valence-electron chi connectivity index (χ1n) is 6.42. The van der Waals surface area contributed by atoms with Crippen LogP contribution in [-0.2, 0) is 0 Å². The Morgan fingerprint density at radius 1 is 1.10 bits per heavy atom. The van der Waals surface area contributed by atoms with Crippen LogP contribution in [-0.4, -0.2) is 24.3 Å². The van der Waals surface area contributed by atoms with Gasteiger partial charge in [-0.25, -0.2) is 4.79 Å². The molecule has 2 rings (SSSR count). The molecule has 0 amide bonds. The molecular formula is C16H15ClO4. The maximum Gasteiger partial charge on any atom is 0.339 e. The van der Waals surface area contributed by atoms with E-state index < -0.39 is 5.97 Å². The highest BCUT2D eigenvalue weighted by molar-refractivity contribution is 6.30. The first kappa shape index (κ1) is 15.2. The van der Waals surface area contributed by atoms with E-state index in [9.17, 15) is 4.79 Å². The van der Waals surface area contributed by atoms with Crippen LogP contribution in [0, 0.1) is 6.92 Å². The minimum atomic E-state index is -1.01. The number of carbonyl (C=O) groups is 1. The molecule has 2 aromatic rings. The van der Waals surface area contributed by atoms with Crippen molar-refractivity contribution in [1.82, 2.24) is 0 Å². The Morgan fingerprint density at radius 2 is 1.76 bits per heavy atom. The van der Waals surface area contributed by atoms with Crippen LogP contribution in [0.1, 0.15) is 15.9 Å². The molecule has 0 saturated carbocycles. The summed E-state index contributed by atoms with van der Waals surface area (Å²) in [4.78, 5) is 11.0. The van der Waals surface area contributed by atoms with Gasteiger partial charge in [0.15, 0.2) is 0 Å². The van der Waals surface area contributed by atoms with Crippen LogP contribution in [0.3, 0.4) is 0 Å². The third-order valence-corrected chi connectivity index (χ3v) is 3.09. The zero-order valence-electron chi connectivity index (χ0n) is 11.5. The predicted octanol–water partition coefficient (Wildman–Crippen LogP) is 3.80. The summed E-state index contributed by atoms with van der Waals surface area (Å²) in [5.41, 5.74) is 1.08. The van der Waals surface area contributed by atoms with Gasteiger partial charge in [-0.2, -0.15) is 0 Å². The molecule has 2 aromatic carbocycles. The van der Waals surface area contributed by atoms with Crippen molar-refractivity contribution in [3.8, 4) is 11.5 Å². The molecule has 0 heterocycles. The fraction of sp³-hybridized carbons (Fsp3) is 0.188. The Kier molecular flexibility index (Phi) is 5.06. The third kappa shape index (κ3) is 4.13. The molecule has 0 aliphatic carbocycles. The van der Waals surface area contributed by atoms with Gasteiger partial charge in [0.2, 0.25) is 0 Å². The summed E-state index contributed by atoms with van der Waals surface area (Å²) < 4.78 is 11.0. The normalized spacial score (nSPS) is 10.2. The van der Waals surface area contributed by atoms with Crippen LogP contribution >= 0.6 is 11.6 Å². The number of carboxylic acids is 1. The van der Waals surface area contributed by atoms with Crippen molar-refractivity contribution in [3.05, 3.63) is 58.6 Å². The first-order valence-corrected chi connectivity index (χ1v) is 6.80. The summed E-state index contributed by atoms with van der Waals surface area (Å²) in [5, 5.41) is 9.70. The molecule has 0 aromatic heterocycles. The summed E-state index contributed by atoms with van der Waals surface area (Å²) in [6, 6.07) is 11.9. The second kappa shape index (κ2) is 6.99. The van der Waals surface area contributed by atoms with Crippen LogP contribution in [0.4, 0.5) is 0 Å². The van der Waals surface area contributed by atoms with Gasteiger partial charge in [0, 0.05) is 5.02 Å². The average Bonchev–Trinajstić information content (AvgIpc) is 2.45. The molecule has 0 aliphatic rings. The Morgan fingerprint density at radius 3 is 2.43 bits per heavy atom. The highest BCUT2D eigenvalue weighted by Crippen LogP contribution is 2.22. The minimum absolute atomic E-state index is 0.139. The SMILES string of the molecule is Cc1cc(Cl)ccc1OCCOc1ccccc1C(=O)O. The lowest BCUT2D eigenvalue weighted by atomic mass is 10.2. The minimum Gasteiger partial charge on any atom is -0.490 e. The molecule has 4 nitrogen and oxygen atoms in total. The van der Waals surface area contributed by atoms with E-state index in [2.05, 4.69) is 0 Å². The zero-order valence-corrected chi connectivity index (χ0v) is 12.3. The van der Waals surface area contributed by atoms with Gasteiger partial charge in [-0.15, -0.1) is 0 Å². The van der Waals surface area contributed by atoms with Crippen molar-refractivity contribution in [2.24, 2.45) is 0 Å². The van der Waals surface area contributed by atoms with Crippen molar-refractivity contribution >= 4 is 17.6 Å². The third-order valence-electron chi connectivity index (χ3n) is 2.85. The second-order valence-corrected chi connectivity index (χ2v) is 4.84. The van der Waals surface area contributed by atoms with E-state index >= 15 is 0 Å². The number of aryl methyl sites for hydroxylation is 1. The van der Waals surface area contributed by atoms with E-state index in [-0.39, 0.29) is 12.2 Å². The fourth-order valence-corrected chi connectivity index (χ4v) is 2.07. The molecule has 0 atom stereocenters. The van der Waals surface area contributed by atoms with Crippen molar-refractivity contribution in [2.45, 2.75) is 6.92 Å². The zero-order chi connectivity index (χ0) is 15.2. The Bertz CT molecular complexity index is 640. The molecule has 0 spiro atoms. The van der Waals surface area contributed by atoms with E-state index in [1.165, 1.54) is 6.07 Å². The van der Waals surface area contributed by atoms with Gasteiger partial charge in [0.1, 0.15) is 30.3 Å². The van der Waals surface area contributed by atoms with Crippen molar-refractivity contribution in [3.63, 3.8) is 0 Å². The van der Waals surface area contributed by atoms with Crippen molar-refractivity contribution in [1.29, 1.82) is 0 Å². The topological polar surface area (TPSA) is 55.8 Å². The van der Waals surface area contributed by atoms with Crippen LogP contribution in [0.2, 0.25) is 5.02 Å². The number of hydrogen-bond donors (Lipinski definition) is 1. The molecule has 1 N–H and O–H groups in total. The van der Waals surface area contributed by atoms with Crippen LogP contribution in [0.15, 0.2) is 42.5 Å². The van der Waals surface area contributed by atoms with Gasteiger partial charge in [-0.05, 0) is 42.8 Å². The fourth-order valence-electron chi connectivity index (χ4n) is 1.85. The van der Waals surface area contributed by atoms with Crippen molar-refractivity contribution in [2.75, 3.05) is 13.2 Å². The first-order chi connectivity index (χ1) is 10.1. The molecular weight excluding hydrogens is 292 g/mol. The molecule has 0 aliphatic heterocycles. The number of hydrogen-bond acceptors (Lipinski definition) is 3. The summed E-state index contributed by atoms with van der Waals surface area (Å²) >= 11 is 5.87. The monoisotopic (exact) mass is 306 g/mol. The second-order valence-electron chi connectivity index (χ2n) is 4.41. The largest absolute Gasteiger partial charge is 0.490 e. The molecule has 0 bridgehead atoms. The quantitative estimate of drug-likeness (QED) is 0.825. The molecule has 0 fully saturated rings. The number of aromatic carboxylic acids is 1. The molecule has 110 valence electrons. The Labute approximate surface area is 127 Å². The van der Waals surface area contributed by atoms with Crippen LogP contribution in [0.25, 0.3) is 0 Å². The van der Waals surface area contributed by atoms with Gasteiger partial charge in [0.25, 0.3) is 0 Å². The number of carboxylic acid groups (broad SMARTS) is 1. The Balaban J connectivity index is 1.89. The lowest BCUT2D eigenvalue weighted by molar-refractivity contribution is 0.0691. The number of halogens is 1. The standard InChI is InChI=1S/C16H15ClO4/c1-11-10-12(17)6-7-14(11)20-8-9-21-15-5-3-2-4-13(15)16(18)19/h2-7,10H,8-9H2,1H3,(H,18,19). The van der Waals surface area contributed by atoms with Gasteiger partial charge in [0.05, 0.1) is 0 Å². The summed E-state index contributed by atoms with van der Waals surface area (Å²) in [7, 11) is 0. The molecule has 21 heavy (non-hydrogen) atoms. The lowest BCUT2D eigenvalue weighted by Gasteiger charge is -2.11. The summed E-state index contributed by atoms with van der Waals surface area (Å²) in [5.74, 6) is 0.0519. The highest BCUT2D eigenvalue weighted by atomic mass is 35.5. The van der Waals surface area contributed by atoms with Gasteiger partial charge >= 0.3 is 5.97 Å². The van der Waals surface area contributed by atoms with Gasteiger partial charge < -0.3 is 14.6 Å².